The standard InChI is InChI=1S/C25H29N3O6S2.C25H29N3O4S2/c1-16(2)14-34-22-12-17(3)4-10-21(22)27-24(31)28-25-26-13-19(35-25)15-36(32,33)20-8-5-18(6-9-20)7-11-23(29)30;1-16(2)14-32-22-12-17(3)4-10-21(22)27-24(31)28-25-26-13-20(34-25)15-33-19-8-5-18(6-9-19)7-11-23(29)30/h4-6,8-10,12-13,16H,7,11,14-15H2,1-3H3,(H,29,30)(H2,26,27,28,31);4-6,8-10,12-13,16H,7,11,14-15H2,1-3H3,(H,29,30)(H2,26,27,28,31). The van der Waals surface area contributed by atoms with Crippen molar-refractivity contribution in [2.75, 3.05) is 34.5 Å². The van der Waals surface area contributed by atoms with Crippen molar-refractivity contribution in [3.05, 3.63) is 129 Å². The van der Waals surface area contributed by atoms with Crippen molar-refractivity contribution in [2.24, 2.45) is 11.8 Å². The lowest BCUT2D eigenvalue weighted by atomic mass is 10.1. The van der Waals surface area contributed by atoms with Gasteiger partial charge in [-0.25, -0.2) is 28.0 Å². The summed E-state index contributed by atoms with van der Waals surface area (Å²) in [5.41, 5.74) is 4.95. The topological polar surface area (TPSA) is 235 Å². The normalized spacial score (nSPS) is 11.1. The molecule has 2 heterocycles. The van der Waals surface area contributed by atoms with Crippen LogP contribution in [-0.4, -0.2) is 65.8 Å². The Morgan fingerprint density at radius 1 is 0.629 bits per heavy atom. The summed E-state index contributed by atoms with van der Waals surface area (Å²) in [6.07, 6.45) is 4.15. The number of hydrogen-bond acceptors (Lipinski definition) is 13. The van der Waals surface area contributed by atoms with Crippen molar-refractivity contribution >= 4 is 89.9 Å². The molecule has 0 saturated heterocycles. The van der Waals surface area contributed by atoms with E-state index in [2.05, 4.69) is 45.1 Å². The second-order valence-corrected chi connectivity index (χ2v) is 22.2. The molecule has 4 aromatic carbocycles. The number of carboxylic acids is 2. The van der Waals surface area contributed by atoms with E-state index in [0.29, 0.717) is 70.8 Å². The molecule has 6 N–H and O–H groups in total. The quantitative estimate of drug-likeness (QED) is 0.0348. The number of ether oxygens (including phenoxy) is 2. The summed E-state index contributed by atoms with van der Waals surface area (Å²) in [6, 6.07) is 24.3. The predicted molar refractivity (Wildman–Crippen MR) is 278 cm³/mol. The van der Waals surface area contributed by atoms with Crippen molar-refractivity contribution in [3.8, 4) is 11.5 Å². The molecule has 6 rings (SSSR count). The molecule has 70 heavy (non-hydrogen) atoms. The van der Waals surface area contributed by atoms with Crippen molar-refractivity contribution in [2.45, 2.75) is 88.5 Å². The first-order valence-electron chi connectivity index (χ1n) is 22.3. The fraction of sp³-hybridized carbons (Fsp3) is 0.320. The average Bonchev–Trinajstić information content (AvgIpc) is 3.95. The van der Waals surface area contributed by atoms with E-state index in [-0.39, 0.29) is 34.7 Å². The Kier molecular flexibility index (Phi) is 20.6. The molecule has 0 unspecified atom stereocenters. The Labute approximate surface area is 420 Å². The van der Waals surface area contributed by atoms with Gasteiger partial charge in [-0.15, -0.1) is 34.4 Å². The van der Waals surface area contributed by atoms with Gasteiger partial charge in [0.2, 0.25) is 0 Å². The van der Waals surface area contributed by atoms with Crippen LogP contribution in [0.2, 0.25) is 0 Å². The zero-order valence-electron chi connectivity index (χ0n) is 39.7. The zero-order valence-corrected chi connectivity index (χ0v) is 43.0. The fourth-order valence-electron chi connectivity index (χ4n) is 6.13. The highest BCUT2D eigenvalue weighted by molar-refractivity contribution is 7.98. The Hall–Kier alpha value is -6.48. The van der Waals surface area contributed by atoms with Crippen LogP contribution in [0.25, 0.3) is 0 Å². The molecule has 0 atom stereocenters. The number of urea groups is 2. The SMILES string of the molecule is Cc1ccc(NC(=O)Nc2ncc(CS(=O)(=O)c3ccc(CCC(=O)O)cc3)s2)c(OCC(C)C)c1.Cc1ccc(NC(=O)Nc2ncc(CSc3ccc(CCC(=O)O)cc3)s2)c(OCC(C)C)c1. The van der Waals surface area contributed by atoms with E-state index in [4.69, 9.17) is 19.7 Å². The molecular formula is C50H58N6O10S4. The second kappa shape index (κ2) is 26.5. The summed E-state index contributed by atoms with van der Waals surface area (Å²) in [4.78, 5) is 57.6. The molecule has 0 aliphatic rings. The molecule has 6 aromatic rings. The molecule has 2 aromatic heterocycles. The van der Waals surface area contributed by atoms with E-state index in [0.717, 1.165) is 49.1 Å². The van der Waals surface area contributed by atoms with Gasteiger partial charge in [-0.1, -0.05) is 64.1 Å². The molecule has 0 saturated carbocycles. The number of hydrogen-bond donors (Lipinski definition) is 6. The fourth-order valence-corrected chi connectivity index (χ4v) is 10.3. The lowest BCUT2D eigenvalue weighted by Crippen LogP contribution is -2.20. The van der Waals surface area contributed by atoms with Crippen molar-refractivity contribution < 1.29 is 47.3 Å². The van der Waals surface area contributed by atoms with Crippen LogP contribution < -0.4 is 30.7 Å². The molecule has 372 valence electrons. The smallest absolute Gasteiger partial charge is 0.325 e. The van der Waals surface area contributed by atoms with Gasteiger partial charge < -0.3 is 30.3 Å². The van der Waals surface area contributed by atoms with Gasteiger partial charge in [0.15, 0.2) is 20.1 Å². The first kappa shape index (κ1) is 54.5. The monoisotopic (exact) mass is 1030 g/mol. The number of carbonyl (C=O) groups excluding carboxylic acids is 2. The molecule has 4 amide bonds. The largest absolute Gasteiger partial charge is 0.491 e. The number of nitrogens with one attached hydrogen (secondary N) is 4. The van der Waals surface area contributed by atoms with Crippen LogP contribution in [-0.2, 0) is 43.8 Å². The maximum Gasteiger partial charge on any atom is 0.325 e. The number of aromatic nitrogens is 2. The molecule has 0 fully saturated rings. The van der Waals surface area contributed by atoms with Crippen LogP contribution in [0, 0.1) is 25.7 Å². The summed E-state index contributed by atoms with van der Waals surface area (Å²) < 4.78 is 37.3. The van der Waals surface area contributed by atoms with Gasteiger partial charge in [-0.3, -0.25) is 20.2 Å². The highest BCUT2D eigenvalue weighted by Gasteiger charge is 2.19. The number of carbonyl (C=O) groups is 4. The highest BCUT2D eigenvalue weighted by atomic mass is 32.2. The predicted octanol–water partition coefficient (Wildman–Crippen LogP) is 11.6. The lowest BCUT2D eigenvalue weighted by Gasteiger charge is -2.14. The number of aryl methyl sites for hydroxylation is 4. The van der Waals surface area contributed by atoms with Crippen LogP contribution in [0.1, 0.15) is 72.5 Å². The molecule has 16 nitrogen and oxygen atoms in total. The third-order valence-corrected chi connectivity index (χ3v) is 14.6. The van der Waals surface area contributed by atoms with Crippen LogP contribution in [0.3, 0.4) is 0 Å². The van der Waals surface area contributed by atoms with Gasteiger partial charge in [0.05, 0.1) is 35.2 Å². The maximum absolute atomic E-state index is 12.8. The molecular weight excluding hydrogens is 973 g/mol. The summed E-state index contributed by atoms with van der Waals surface area (Å²) in [5.74, 6) is 0.673. The van der Waals surface area contributed by atoms with E-state index in [1.165, 1.54) is 29.7 Å². The summed E-state index contributed by atoms with van der Waals surface area (Å²) in [7, 11) is -3.64. The average molecular weight is 1030 g/mol. The number of anilines is 4. The molecule has 0 spiro atoms. The van der Waals surface area contributed by atoms with E-state index in [9.17, 15) is 27.6 Å². The third-order valence-electron chi connectivity index (χ3n) is 9.64. The first-order valence-corrected chi connectivity index (χ1v) is 26.6. The number of sulfone groups is 1. The summed E-state index contributed by atoms with van der Waals surface area (Å²) >= 11 is 4.16. The second-order valence-electron chi connectivity index (χ2n) is 17.0. The Morgan fingerprint density at radius 2 is 1.07 bits per heavy atom. The van der Waals surface area contributed by atoms with E-state index in [1.54, 1.807) is 36.2 Å². The number of aliphatic carboxylic acids is 2. The Balaban J connectivity index is 0.000000261. The summed E-state index contributed by atoms with van der Waals surface area (Å²) in [6.45, 7) is 13.2. The number of thioether (sulfide) groups is 1. The first-order chi connectivity index (χ1) is 33.3. The minimum Gasteiger partial charge on any atom is -0.491 e. The van der Waals surface area contributed by atoms with E-state index >= 15 is 0 Å². The van der Waals surface area contributed by atoms with Gasteiger partial charge in [0.1, 0.15) is 11.5 Å². The number of carboxylic acid groups (broad SMARTS) is 2. The van der Waals surface area contributed by atoms with Gasteiger partial charge in [0, 0.05) is 45.6 Å². The van der Waals surface area contributed by atoms with Crippen LogP contribution in [0.15, 0.2) is 107 Å². The minimum atomic E-state index is -3.64. The molecule has 0 aliphatic carbocycles. The summed E-state index contributed by atoms with van der Waals surface area (Å²) in [5, 5.41) is 29.4. The van der Waals surface area contributed by atoms with Crippen molar-refractivity contribution in [1.82, 2.24) is 9.97 Å². The molecule has 0 radical (unpaired) electrons. The number of rotatable bonds is 22. The minimum absolute atomic E-state index is 0.0213. The number of benzene rings is 4. The number of amides is 4. The third kappa shape index (κ3) is 18.8. The zero-order chi connectivity index (χ0) is 50.8. The van der Waals surface area contributed by atoms with E-state index in [1.807, 2.05) is 82.3 Å². The highest BCUT2D eigenvalue weighted by Crippen LogP contribution is 2.31. The van der Waals surface area contributed by atoms with Crippen LogP contribution >= 0.6 is 34.4 Å². The lowest BCUT2D eigenvalue weighted by molar-refractivity contribution is -0.138. The Bertz CT molecular complexity index is 2810. The van der Waals surface area contributed by atoms with Crippen molar-refractivity contribution in [1.29, 1.82) is 0 Å². The van der Waals surface area contributed by atoms with Gasteiger partial charge >= 0.3 is 24.0 Å². The number of thiazole rings is 2. The number of nitrogens with zero attached hydrogens (tertiary/aromatic N) is 2. The molecule has 20 heteroatoms. The molecule has 0 bridgehead atoms. The maximum atomic E-state index is 12.8. The van der Waals surface area contributed by atoms with Crippen LogP contribution in [0.5, 0.6) is 11.5 Å². The van der Waals surface area contributed by atoms with E-state index < -0.39 is 27.8 Å². The Morgan fingerprint density at radius 3 is 1.53 bits per heavy atom. The van der Waals surface area contributed by atoms with Crippen molar-refractivity contribution in [3.63, 3.8) is 0 Å². The van der Waals surface area contributed by atoms with Gasteiger partial charge in [-0.05, 0) is 109 Å². The van der Waals surface area contributed by atoms with Gasteiger partial charge in [-0.2, -0.15) is 0 Å². The molecule has 0 aliphatic heterocycles. The van der Waals surface area contributed by atoms with Gasteiger partial charge in [0.25, 0.3) is 0 Å². The van der Waals surface area contributed by atoms with Crippen LogP contribution in [0.4, 0.5) is 31.2 Å².